The smallest absolute Gasteiger partial charge is 0.444 e. The molecule has 26 heavy (non-hydrogen) atoms. The van der Waals surface area contributed by atoms with Crippen molar-refractivity contribution in [1.82, 2.24) is 0 Å². The number of anilines is 1. The maximum absolute atomic E-state index is 11.8. The maximum atomic E-state index is 11.8. The molecule has 0 spiro atoms. The van der Waals surface area contributed by atoms with E-state index in [0.29, 0.717) is 5.69 Å². The van der Waals surface area contributed by atoms with Gasteiger partial charge in [-0.25, -0.2) is 4.79 Å². The van der Waals surface area contributed by atoms with Crippen LogP contribution in [0.2, 0.25) is 0 Å². The number of carbonyl (C=O) groups excluding carboxylic acids is 1. The monoisotopic (exact) mass is 361 g/mol. The molecule has 6 heteroatoms. The van der Waals surface area contributed by atoms with Crippen molar-refractivity contribution < 1.29 is 18.8 Å². The quantitative estimate of drug-likeness (QED) is 0.621. The molecule has 0 bridgehead atoms. The first-order valence-electron chi connectivity index (χ1n) is 8.84. The van der Waals surface area contributed by atoms with Crippen LogP contribution in [0, 0.1) is 0 Å². The van der Waals surface area contributed by atoms with Crippen molar-refractivity contribution in [2.75, 3.05) is 5.32 Å². The Balaban J connectivity index is 0.00000105. The van der Waals surface area contributed by atoms with Crippen LogP contribution in [0.4, 0.5) is 10.5 Å². The number of rotatable bonds is 2. The average Bonchev–Trinajstić information content (AvgIpc) is 2.67. The molecule has 0 atom stereocenters. The standard InChI is InChI=1S/C17H26BNO4.C3H6/c1-15(2,3)21-14(20)19-13-10-8-12(9-11-13)18-22-16(4,5)17(6,7)23-18;1-3-2/h8-11H,1-7H3,(H,19,20);3H,1H2,2H3. The predicted octanol–water partition coefficient (Wildman–Crippen LogP) is 4.53. The normalized spacial score (nSPS) is 17.8. The third-order valence-electron chi connectivity index (χ3n) is 4.08. The number of hydrogen-bond acceptors (Lipinski definition) is 4. The second kappa shape index (κ2) is 8.27. The number of amides is 1. The molecule has 0 aliphatic carbocycles. The van der Waals surface area contributed by atoms with E-state index in [4.69, 9.17) is 14.0 Å². The van der Waals surface area contributed by atoms with E-state index >= 15 is 0 Å². The van der Waals surface area contributed by atoms with Crippen LogP contribution in [0.1, 0.15) is 55.4 Å². The van der Waals surface area contributed by atoms with Gasteiger partial charge < -0.3 is 14.0 Å². The Labute approximate surface area is 158 Å². The lowest BCUT2D eigenvalue weighted by molar-refractivity contribution is 0.00578. The van der Waals surface area contributed by atoms with Gasteiger partial charge in [0.2, 0.25) is 0 Å². The van der Waals surface area contributed by atoms with Gasteiger partial charge in [-0.3, -0.25) is 5.32 Å². The zero-order valence-corrected chi connectivity index (χ0v) is 17.3. The van der Waals surface area contributed by atoms with Gasteiger partial charge in [0.15, 0.2) is 0 Å². The van der Waals surface area contributed by atoms with Gasteiger partial charge in [0.25, 0.3) is 0 Å². The molecule has 1 saturated heterocycles. The molecule has 2 rings (SSSR count). The highest BCUT2D eigenvalue weighted by Gasteiger charge is 2.51. The molecule has 0 radical (unpaired) electrons. The van der Waals surface area contributed by atoms with Crippen molar-refractivity contribution in [3.63, 3.8) is 0 Å². The summed E-state index contributed by atoms with van der Waals surface area (Å²) in [6.07, 6.45) is 1.28. The largest absolute Gasteiger partial charge is 0.494 e. The molecule has 1 heterocycles. The molecule has 0 aromatic heterocycles. The lowest BCUT2D eigenvalue weighted by atomic mass is 9.79. The van der Waals surface area contributed by atoms with E-state index in [0.717, 1.165) is 5.46 Å². The van der Waals surface area contributed by atoms with Crippen molar-refractivity contribution in [2.24, 2.45) is 0 Å². The van der Waals surface area contributed by atoms with E-state index in [-0.39, 0.29) is 11.2 Å². The first kappa shape index (κ1) is 22.3. The Morgan fingerprint density at radius 3 is 1.92 bits per heavy atom. The average molecular weight is 361 g/mol. The predicted molar refractivity (Wildman–Crippen MR) is 108 cm³/mol. The van der Waals surface area contributed by atoms with Gasteiger partial charge in [-0.1, -0.05) is 18.2 Å². The van der Waals surface area contributed by atoms with Gasteiger partial charge >= 0.3 is 13.2 Å². The van der Waals surface area contributed by atoms with Crippen molar-refractivity contribution in [2.45, 2.75) is 72.2 Å². The van der Waals surface area contributed by atoms with Crippen molar-refractivity contribution in [3.05, 3.63) is 36.9 Å². The van der Waals surface area contributed by atoms with E-state index < -0.39 is 18.8 Å². The molecule has 0 unspecified atom stereocenters. The van der Waals surface area contributed by atoms with Crippen molar-refractivity contribution in [1.29, 1.82) is 0 Å². The Kier molecular flexibility index (Phi) is 7.08. The third kappa shape index (κ3) is 6.18. The van der Waals surface area contributed by atoms with E-state index in [1.165, 1.54) is 0 Å². The Morgan fingerprint density at radius 1 is 1.12 bits per heavy atom. The Hall–Kier alpha value is -1.79. The van der Waals surface area contributed by atoms with Gasteiger partial charge in [-0.15, -0.1) is 6.58 Å². The highest BCUT2D eigenvalue weighted by atomic mass is 16.7. The van der Waals surface area contributed by atoms with Crippen LogP contribution >= 0.6 is 0 Å². The van der Waals surface area contributed by atoms with E-state index in [1.54, 1.807) is 6.08 Å². The van der Waals surface area contributed by atoms with Gasteiger partial charge in [-0.05, 0) is 73.0 Å². The zero-order chi connectivity index (χ0) is 20.2. The molecular weight excluding hydrogens is 329 g/mol. The van der Waals surface area contributed by atoms with E-state index in [2.05, 4.69) is 11.9 Å². The minimum absolute atomic E-state index is 0.370. The summed E-state index contributed by atoms with van der Waals surface area (Å²) in [5.41, 5.74) is 0.320. The molecule has 1 aromatic carbocycles. The van der Waals surface area contributed by atoms with Crippen LogP contribution in [0.25, 0.3) is 0 Å². The van der Waals surface area contributed by atoms with Crippen LogP contribution in [0.3, 0.4) is 0 Å². The van der Waals surface area contributed by atoms with Gasteiger partial charge in [0.05, 0.1) is 11.2 Å². The minimum atomic E-state index is -0.521. The van der Waals surface area contributed by atoms with Crippen molar-refractivity contribution >= 4 is 24.4 Å². The molecule has 5 nitrogen and oxygen atoms in total. The molecular formula is C20H32BNO4. The van der Waals surface area contributed by atoms with Crippen LogP contribution in [-0.2, 0) is 14.0 Å². The SMILES string of the molecule is C=CC.CC(C)(C)OC(=O)Nc1ccc(B2OC(C)(C)C(C)(C)O2)cc1. The summed E-state index contributed by atoms with van der Waals surface area (Å²) in [4.78, 5) is 11.8. The summed E-state index contributed by atoms with van der Waals surface area (Å²) in [6.45, 7) is 18.8. The summed E-state index contributed by atoms with van der Waals surface area (Å²) in [5.74, 6) is 0. The van der Waals surface area contributed by atoms with Crippen LogP contribution in [-0.4, -0.2) is 30.0 Å². The number of hydrogen-bond donors (Lipinski definition) is 1. The molecule has 1 N–H and O–H groups in total. The van der Waals surface area contributed by atoms with E-state index in [1.807, 2.05) is 79.7 Å². The second-order valence-corrected chi connectivity index (χ2v) is 8.25. The first-order valence-corrected chi connectivity index (χ1v) is 8.84. The molecule has 1 aromatic rings. The highest BCUT2D eigenvalue weighted by molar-refractivity contribution is 6.62. The van der Waals surface area contributed by atoms with Crippen LogP contribution in [0.15, 0.2) is 36.9 Å². The third-order valence-corrected chi connectivity index (χ3v) is 4.08. The topological polar surface area (TPSA) is 56.8 Å². The molecule has 1 aliphatic heterocycles. The summed E-state index contributed by atoms with van der Waals surface area (Å²) < 4.78 is 17.2. The number of carbonyl (C=O) groups is 1. The summed E-state index contributed by atoms with van der Waals surface area (Å²) >= 11 is 0. The fourth-order valence-electron chi connectivity index (χ4n) is 2.12. The molecule has 1 fully saturated rings. The Morgan fingerprint density at radius 2 is 1.54 bits per heavy atom. The molecule has 1 aliphatic rings. The summed E-state index contributed by atoms with van der Waals surface area (Å²) in [6, 6.07) is 7.39. The minimum Gasteiger partial charge on any atom is -0.444 e. The highest BCUT2D eigenvalue weighted by Crippen LogP contribution is 2.36. The van der Waals surface area contributed by atoms with Crippen LogP contribution < -0.4 is 10.8 Å². The lowest BCUT2D eigenvalue weighted by Gasteiger charge is -2.32. The maximum Gasteiger partial charge on any atom is 0.494 e. The van der Waals surface area contributed by atoms with Gasteiger partial charge in [0.1, 0.15) is 5.60 Å². The van der Waals surface area contributed by atoms with Gasteiger partial charge in [-0.2, -0.15) is 0 Å². The van der Waals surface area contributed by atoms with Crippen LogP contribution in [0.5, 0.6) is 0 Å². The fraction of sp³-hybridized carbons (Fsp3) is 0.550. The number of allylic oxidation sites excluding steroid dienone is 1. The summed E-state index contributed by atoms with van der Waals surface area (Å²) in [5, 5.41) is 2.71. The number of nitrogens with one attached hydrogen (secondary N) is 1. The summed E-state index contributed by atoms with van der Waals surface area (Å²) in [7, 11) is -0.407. The number of ether oxygens (including phenoxy) is 1. The van der Waals surface area contributed by atoms with Crippen molar-refractivity contribution in [3.8, 4) is 0 Å². The lowest BCUT2D eigenvalue weighted by Crippen LogP contribution is -2.41. The Bertz CT molecular complexity index is 602. The molecule has 1 amide bonds. The zero-order valence-electron chi connectivity index (χ0n) is 17.3. The second-order valence-electron chi connectivity index (χ2n) is 8.25. The number of benzene rings is 1. The first-order chi connectivity index (χ1) is 11.8. The van der Waals surface area contributed by atoms with E-state index in [9.17, 15) is 4.79 Å². The molecule has 144 valence electrons. The van der Waals surface area contributed by atoms with Gasteiger partial charge in [0, 0.05) is 5.69 Å². The fourth-order valence-corrected chi connectivity index (χ4v) is 2.12. The molecule has 0 saturated carbocycles.